The SMILES string of the molecule is Cc1cc(C(=O)NC(CC(C)C)c2nnc3ccccn23)c2c(C)noc2n1. The quantitative estimate of drug-likeness (QED) is 0.571. The summed E-state index contributed by atoms with van der Waals surface area (Å²) in [7, 11) is 0. The molecule has 0 saturated heterocycles. The molecule has 0 aromatic carbocycles. The van der Waals surface area contributed by atoms with Gasteiger partial charge in [0.2, 0.25) is 0 Å². The summed E-state index contributed by atoms with van der Waals surface area (Å²) < 4.78 is 7.16. The van der Waals surface area contributed by atoms with Gasteiger partial charge >= 0.3 is 0 Å². The highest BCUT2D eigenvalue weighted by molar-refractivity contribution is 6.06. The fraction of sp³-hybridized carbons (Fsp3) is 0.350. The molecule has 1 unspecified atom stereocenters. The summed E-state index contributed by atoms with van der Waals surface area (Å²) in [4.78, 5) is 17.5. The van der Waals surface area contributed by atoms with E-state index in [1.165, 1.54) is 0 Å². The molecule has 0 aliphatic rings. The van der Waals surface area contributed by atoms with E-state index in [1.807, 2.05) is 35.7 Å². The predicted molar refractivity (Wildman–Crippen MR) is 104 cm³/mol. The molecule has 0 fully saturated rings. The predicted octanol–water partition coefficient (Wildman–Crippen LogP) is 3.40. The van der Waals surface area contributed by atoms with Crippen LogP contribution in [0.2, 0.25) is 0 Å². The maximum Gasteiger partial charge on any atom is 0.258 e. The van der Waals surface area contributed by atoms with Crippen LogP contribution in [-0.2, 0) is 0 Å². The molecule has 4 rings (SSSR count). The van der Waals surface area contributed by atoms with Gasteiger partial charge in [0.1, 0.15) is 0 Å². The van der Waals surface area contributed by atoms with Gasteiger partial charge in [0, 0.05) is 11.9 Å². The molecule has 4 aromatic rings. The van der Waals surface area contributed by atoms with Crippen molar-refractivity contribution < 1.29 is 9.32 Å². The third kappa shape index (κ3) is 3.21. The summed E-state index contributed by atoms with van der Waals surface area (Å²) >= 11 is 0. The number of carbonyl (C=O) groups excluding carboxylic acids is 1. The molecule has 144 valence electrons. The van der Waals surface area contributed by atoms with Gasteiger partial charge in [-0.1, -0.05) is 25.1 Å². The lowest BCUT2D eigenvalue weighted by molar-refractivity contribution is 0.0931. The molecule has 28 heavy (non-hydrogen) atoms. The molecule has 0 spiro atoms. The van der Waals surface area contributed by atoms with Crippen LogP contribution in [0, 0.1) is 19.8 Å². The summed E-state index contributed by atoms with van der Waals surface area (Å²) in [5, 5.41) is 16.3. The largest absolute Gasteiger partial charge is 0.342 e. The molecule has 1 atom stereocenters. The van der Waals surface area contributed by atoms with Crippen molar-refractivity contribution >= 4 is 22.7 Å². The topological polar surface area (TPSA) is 98.2 Å². The van der Waals surface area contributed by atoms with E-state index in [2.05, 4.69) is 39.5 Å². The maximum atomic E-state index is 13.2. The van der Waals surface area contributed by atoms with Crippen LogP contribution in [0.3, 0.4) is 0 Å². The summed E-state index contributed by atoms with van der Waals surface area (Å²) in [5.74, 6) is 0.861. The van der Waals surface area contributed by atoms with E-state index in [0.29, 0.717) is 39.8 Å². The van der Waals surface area contributed by atoms with Crippen LogP contribution in [0.15, 0.2) is 35.0 Å². The standard InChI is InChI=1S/C20H22N6O2/c1-11(2)9-15(18-24-23-16-7-5-6-8-26(16)18)22-19(27)14-10-12(3)21-20-17(14)13(4)25-28-20/h5-8,10-11,15H,9H2,1-4H3,(H,22,27). The normalized spacial score (nSPS) is 12.8. The van der Waals surface area contributed by atoms with Gasteiger partial charge in [-0.15, -0.1) is 10.2 Å². The second-order valence-corrected chi connectivity index (χ2v) is 7.40. The number of nitrogens with zero attached hydrogens (tertiary/aromatic N) is 5. The van der Waals surface area contributed by atoms with Crippen LogP contribution < -0.4 is 5.32 Å². The molecule has 0 aliphatic carbocycles. The lowest BCUT2D eigenvalue weighted by Crippen LogP contribution is -2.31. The van der Waals surface area contributed by atoms with E-state index in [4.69, 9.17) is 4.52 Å². The summed E-state index contributed by atoms with van der Waals surface area (Å²) in [6.45, 7) is 7.85. The second kappa shape index (κ2) is 7.03. The third-order valence-electron chi connectivity index (χ3n) is 4.65. The fourth-order valence-corrected chi connectivity index (χ4v) is 3.43. The van der Waals surface area contributed by atoms with Gasteiger partial charge < -0.3 is 9.84 Å². The van der Waals surface area contributed by atoms with Gasteiger partial charge in [0.15, 0.2) is 11.5 Å². The Morgan fingerprint density at radius 3 is 2.86 bits per heavy atom. The van der Waals surface area contributed by atoms with Gasteiger partial charge in [-0.25, -0.2) is 4.98 Å². The van der Waals surface area contributed by atoms with Crippen molar-refractivity contribution in [2.75, 3.05) is 0 Å². The van der Waals surface area contributed by atoms with E-state index in [0.717, 1.165) is 12.1 Å². The second-order valence-electron chi connectivity index (χ2n) is 7.40. The van der Waals surface area contributed by atoms with Crippen LogP contribution in [0.25, 0.3) is 16.7 Å². The first-order chi connectivity index (χ1) is 13.4. The number of nitrogens with one attached hydrogen (secondary N) is 1. The molecule has 1 amide bonds. The average Bonchev–Trinajstić information content (AvgIpc) is 3.24. The van der Waals surface area contributed by atoms with Crippen LogP contribution >= 0.6 is 0 Å². The summed E-state index contributed by atoms with van der Waals surface area (Å²) in [6.07, 6.45) is 2.64. The van der Waals surface area contributed by atoms with Crippen molar-refractivity contribution in [3.05, 3.63) is 53.2 Å². The molecule has 1 N–H and O–H groups in total. The number of hydrogen-bond acceptors (Lipinski definition) is 6. The van der Waals surface area contributed by atoms with Crippen LogP contribution in [-0.4, -0.2) is 30.6 Å². The zero-order valence-electron chi connectivity index (χ0n) is 16.3. The number of rotatable bonds is 5. The first-order valence-electron chi connectivity index (χ1n) is 9.28. The first kappa shape index (κ1) is 18.1. The molecular weight excluding hydrogens is 356 g/mol. The van der Waals surface area contributed by atoms with Crippen molar-refractivity contribution in [2.45, 2.75) is 40.2 Å². The Bertz CT molecular complexity index is 1160. The lowest BCUT2D eigenvalue weighted by atomic mass is 10.0. The Balaban J connectivity index is 1.74. The molecule has 0 bridgehead atoms. The number of amides is 1. The highest BCUT2D eigenvalue weighted by Crippen LogP contribution is 2.25. The number of carbonyl (C=O) groups is 1. The maximum absolute atomic E-state index is 13.2. The molecule has 0 radical (unpaired) electrons. The number of aryl methyl sites for hydroxylation is 2. The van der Waals surface area contributed by atoms with E-state index < -0.39 is 0 Å². The van der Waals surface area contributed by atoms with Crippen molar-refractivity contribution in [2.24, 2.45) is 5.92 Å². The minimum absolute atomic E-state index is 0.208. The monoisotopic (exact) mass is 378 g/mol. The number of fused-ring (bicyclic) bond motifs is 2. The van der Waals surface area contributed by atoms with Crippen LogP contribution in [0.5, 0.6) is 0 Å². The highest BCUT2D eigenvalue weighted by Gasteiger charge is 2.24. The molecule has 4 heterocycles. The molecule has 8 heteroatoms. The molecule has 0 saturated carbocycles. The number of aromatic nitrogens is 5. The van der Waals surface area contributed by atoms with E-state index in [1.54, 1.807) is 13.0 Å². The summed E-state index contributed by atoms with van der Waals surface area (Å²) in [6, 6.07) is 7.20. The third-order valence-corrected chi connectivity index (χ3v) is 4.65. The summed E-state index contributed by atoms with van der Waals surface area (Å²) in [5.41, 5.74) is 2.96. The molecule has 0 aliphatic heterocycles. The molecule has 8 nitrogen and oxygen atoms in total. The van der Waals surface area contributed by atoms with Gasteiger partial charge in [0.05, 0.1) is 22.7 Å². The van der Waals surface area contributed by atoms with Gasteiger partial charge in [-0.05, 0) is 44.4 Å². The minimum atomic E-state index is -0.284. The highest BCUT2D eigenvalue weighted by atomic mass is 16.5. The Morgan fingerprint density at radius 1 is 1.25 bits per heavy atom. The number of hydrogen-bond donors (Lipinski definition) is 1. The molecular formula is C20H22N6O2. The zero-order valence-corrected chi connectivity index (χ0v) is 16.3. The first-order valence-corrected chi connectivity index (χ1v) is 9.28. The van der Waals surface area contributed by atoms with E-state index >= 15 is 0 Å². The van der Waals surface area contributed by atoms with E-state index in [9.17, 15) is 4.79 Å². The van der Waals surface area contributed by atoms with Gasteiger partial charge in [-0.2, -0.15) is 0 Å². The number of pyridine rings is 2. The van der Waals surface area contributed by atoms with E-state index in [-0.39, 0.29) is 11.9 Å². The fourth-order valence-electron chi connectivity index (χ4n) is 3.43. The Kier molecular flexibility index (Phi) is 4.54. The Hall–Kier alpha value is -3.29. The minimum Gasteiger partial charge on any atom is -0.342 e. The van der Waals surface area contributed by atoms with Crippen molar-refractivity contribution in [1.82, 2.24) is 30.1 Å². The Morgan fingerprint density at radius 2 is 2.07 bits per heavy atom. The van der Waals surface area contributed by atoms with Crippen molar-refractivity contribution in [3.8, 4) is 0 Å². The van der Waals surface area contributed by atoms with Crippen LogP contribution in [0.4, 0.5) is 0 Å². The zero-order chi connectivity index (χ0) is 19.8. The average molecular weight is 378 g/mol. The smallest absolute Gasteiger partial charge is 0.258 e. The van der Waals surface area contributed by atoms with Crippen LogP contribution in [0.1, 0.15) is 53.9 Å². The van der Waals surface area contributed by atoms with Gasteiger partial charge in [-0.3, -0.25) is 9.20 Å². The Labute approximate surface area is 162 Å². The van der Waals surface area contributed by atoms with Crippen molar-refractivity contribution in [1.29, 1.82) is 0 Å². The van der Waals surface area contributed by atoms with Crippen molar-refractivity contribution in [3.63, 3.8) is 0 Å². The van der Waals surface area contributed by atoms with Gasteiger partial charge in [0.25, 0.3) is 11.6 Å². The molecule has 4 aromatic heterocycles. The lowest BCUT2D eigenvalue weighted by Gasteiger charge is -2.19.